The average Bonchev–Trinajstić information content (AvgIpc) is 2.67. The normalized spacial score (nSPS) is 11.2. The van der Waals surface area contributed by atoms with E-state index in [1.54, 1.807) is 16.8 Å². The van der Waals surface area contributed by atoms with Crippen LogP contribution < -0.4 is 10.6 Å². The Hall–Kier alpha value is -1.14. The number of amides is 1. The van der Waals surface area contributed by atoms with E-state index in [4.69, 9.17) is 4.74 Å². The van der Waals surface area contributed by atoms with Crippen LogP contribution >= 0.6 is 11.3 Å². The molecule has 0 saturated carbocycles. The van der Waals surface area contributed by atoms with Crippen molar-refractivity contribution < 1.29 is 9.53 Å². The quantitative estimate of drug-likeness (QED) is 0.789. The summed E-state index contributed by atoms with van der Waals surface area (Å²) in [5.41, 5.74) is 2.38. The second-order valence-electron chi connectivity index (χ2n) is 4.59. The zero-order valence-electron chi connectivity index (χ0n) is 10.4. The van der Waals surface area contributed by atoms with Crippen molar-refractivity contribution in [2.75, 3.05) is 13.1 Å². The molecule has 1 heterocycles. The molecule has 0 bridgehead atoms. The molecular formula is C11H19N3O2S. The highest BCUT2D eigenvalue weighted by Gasteiger charge is 2.15. The largest absolute Gasteiger partial charge is 0.444 e. The lowest BCUT2D eigenvalue weighted by Gasteiger charge is -2.19. The maximum absolute atomic E-state index is 11.3. The summed E-state index contributed by atoms with van der Waals surface area (Å²) < 4.78 is 5.10. The molecule has 2 N–H and O–H groups in total. The lowest BCUT2D eigenvalue weighted by Crippen LogP contribution is -2.36. The third-order valence-electron chi connectivity index (χ3n) is 1.76. The molecule has 1 amide bonds. The zero-order valence-corrected chi connectivity index (χ0v) is 11.3. The van der Waals surface area contributed by atoms with E-state index in [9.17, 15) is 4.79 Å². The highest BCUT2D eigenvalue weighted by atomic mass is 32.1. The molecule has 5 nitrogen and oxygen atoms in total. The van der Waals surface area contributed by atoms with Gasteiger partial charge in [0, 0.05) is 25.0 Å². The van der Waals surface area contributed by atoms with E-state index < -0.39 is 5.60 Å². The Labute approximate surface area is 106 Å². The first kappa shape index (κ1) is 13.9. The van der Waals surface area contributed by atoms with E-state index in [0.717, 1.165) is 12.2 Å². The standard InChI is InChI=1S/C11H19N3O2S/c1-11(2,3)16-10(15)13-5-4-12-6-9-7-17-8-14-9/h7-8,12H,4-6H2,1-3H3,(H,13,15). The van der Waals surface area contributed by atoms with Crippen molar-refractivity contribution >= 4 is 17.4 Å². The molecule has 6 heteroatoms. The predicted octanol–water partition coefficient (Wildman–Crippen LogP) is 1.76. The third kappa shape index (κ3) is 6.91. The Kier molecular flexibility index (Phi) is 5.37. The molecule has 0 unspecified atom stereocenters. The molecule has 1 aromatic heterocycles. The molecule has 0 radical (unpaired) electrons. The highest BCUT2D eigenvalue weighted by Crippen LogP contribution is 2.06. The van der Waals surface area contributed by atoms with Gasteiger partial charge >= 0.3 is 6.09 Å². The smallest absolute Gasteiger partial charge is 0.407 e. The number of thiazole rings is 1. The predicted molar refractivity (Wildman–Crippen MR) is 68.1 cm³/mol. The van der Waals surface area contributed by atoms with Crippen molar-refractivity contribution in [2.45, 2.75) is 32.9 Å². The number of nitrogens with one attached hydrogen (secondary N) is 2. The molecule has 96 valence electrons. The van der Waals surface area contributed by atoms with Gasteiger partial charge in [-0.05, 0) is 20.8 Å². The van der Waals surface area contributed by atoms with E-state index in [1.807, 2.05) is 26.2 Å². The van der Waals surface area contributed by atoms with Gasteiger partial charge in [0.05, 0.1) is 11.2 Å². The van der Waals surface area contributed by atoms with Crippen molar-refractivity contribution in [1.29, 1.82) is 0 Å². The van der Waals surface area contributed by atoms with E-state index in [-0.39, 0.29) is 6.09 Å². The molecule has 0 saturated heterocycles. The maximum Gasteiger partial charge on any atom is 0.407 e. The van der Waals surface area contributed by atoms with Gasteiger partial charge in [0.2, 0.25) is 0 Å². The molecule has 0 aliphatic heterocycles. The van der Waals surface area contributed by atoms with Crippen molar-refractivity contribution in [1.82, 2.24) is 15.6 Å². The van der Waals surface area contributed by atoms with Gasteiger partial charge in [0.1, 0.15) is 5.60 Å². The van der Waals surface area contributed by atoms with Gasteiger partial charge in [-0.25, -0.2) is 9.78 Å². The van der Waals surface area contributed by atoms with Crippen LogP contribution in [0.25, 0.3) is 0 Å². The molecular weight excluding hydrogens is 238 g/mol. The summed E-state index contributed by atoms with van der Waals surface area (Å²) in [6.07, 6.45) is -0.382. The number of aromatic nitrogens is 1. The van der Waals surface area contributed by atoms with Crippen LogP contribution in [0.1, 0.15) is 26.5 Å². The van der Waals surface area contributed by atoms with Crippen LogP contribution in [0.15, 0.2) is 10.9 Å². The third-order valence-corrected chi connectivity index (χ3v) is 2.39. The minimum absolute atomic E-state index is 0.382. The first-order chi connectivity index (χ1) is 7.97. The number of rotatable bonds is 5. The minimum Gasteiger partial charge on any atom is -0.444 e. The molecule has 0 atom stereocenters. The summed E-state index contributed by atoms with van der Waals surface area (Å²) in [6, 6.07) is 0. The summed E-state index contributed by atoms with van der Waals surface area (Å²) in [7, 11) is 0. The summed E-state index contributed by atoms with van der Waals surface area (Å²) in [5.74, 6) is 0. The minimum atomic E-state index is -0.446. The first-order valence-electron chi connectivity index (χ1n) is 5.52. The Morgan fingerprint density at radius 2 is 2.24 bits per heavy atom. The Balaban J connectivity index is 2.02. The number of ether oxygens (including phenoxy) is 1. The van der Waals surface area contributed by atoms with Crippen LogP contribution in [0.4, 0.5) is 4.79 Å². The van der Waals surface area contributed by atoms with E-state index >= 15 is 0 Å². The van der Waals surface area contributed by atoms with E-state index in [1.165, 1.54) is 0 Å². The van der Waals surface area contributed by atoms with Gasteiger partial charge in [-0.3, -0.25) is 0 Å². The summed E-state index contributed by atoms with van der Waals surface area (Å²) in [6.45, 7) is 7.47. The number of hydrogen-bond donors (Lipinski definition) is 2. The molecule has 1 aromatic rings. The monoisotopic (exact) mass is 257 g/mol. The van der Waals surface area contributed by atoms with Crippen molar-refractivity contribution in [3.05, 3.63) is 16.6 Å². The second-order valence-corrected chi connectivity index (χ2v) is 5.30. The van der Waals surface area contributed by atoms with Gasteiger partial charge in [0.15, 0.2) is 0 Å². The van der Waals surface area contributed by atoms with Crippen molar-refractivity contribution in [3.63, 3.8) is 0 Å². The Bertz CT molecular complexity index is 333. The topological polar surface area (TPSA) is 63.2 Å². The van der Waals surface area contributed by atoms with Crippen LogP contribution in [-0.4, -0.2) is 29.8 Å². The van der Waals surface area contributed by atoms with E-state index in [0.29, 0.717) is 13.1 Å². The fraction of sp³-hybridized carbons (Fsp3) is 0.636. The van der Waals surface area contributed by atoms with Gasteiger partial charge in [-0.15, -0.1) is 11.3 Å². The molecule has 1 rings (SSSR count). The SMILES string of the molecule is CC(C)(C)OC(=O)NCCNCc1cscn1. The van der Waals surface area contributed by atoms with Crippen molar-refractivity contribution in [3.8, 4) is 0 Å². The Morgan fingerprint density at radius 1 is 1.47 bits per heavy atom. The summed E-state index contributed by atoms with van der Waals surface area (Å²) in [4.78, 5) is 15.4. The fourth-order valence-corrected chi connectivity index (χ4v) is 1.67. The van der Waals surface area contributed by atoms with Crippen LogP contribution in [0, 0.1) is 0 Å². The van der Waals surface area contributed by atoms with Gasteiger partial charge in [0.25, 0.3) is 0 Å². The summed E-state index contributed by atoms with van der Waals surface area (Å²) in [5, 5.41) is 7.85. The fourth-order valence-electron chi connectivity index (χ4n) is 1.11. The zero-order chi connectivity index (χ0) is 12.7. The average molecular weight is 257 g/mol. The number of carbonyl (C=O) groups is 1. The number of alkyl carbamates (subject to hydrolysis) is 1. The van der Waals surface area contributed by atoms with Gasteiger partial charge in [-0.1, -0.05) is 0 Å². The first-order valence-corrected chi connectivity index (χ1v) is 6.46. The summed E-state index contributed by atoms with van der Waals surface area (Å²) >= 11 is 1.57. The van der Waals surface area contributed by atoms with Crippen LogP contribution in [0.3, 0.4) is 0 Å². The molecule has 17 heavy (non-hydrogen) atoms. The molecule has 0 fully saturated rings. The van der Waals surface area contributed by atoms with Gasteiger partial charge in [-0.2, -0.15) is 0 Å². The number of carbonyl (C=O) groups excluding carboxylic acids is 1. The lowest BCUT2D eigenvalue weighted by atomic mass is 10.2. The van der Waals surface area contributed by atoms with Crippen LogP contribution in [0.2, 0.25) is 0 Å². The van der Waals surface area contributed by atoms with E-state index in [2.05, 4.69) is 15.6 Å². The maximum atomic E-state index is 11.3. The van der Waals surface area contributed by atoms with Crippen LogP contribution in [-0.2, 0) is 11.3 Å². The molecule has 0 aliphatic rings. The molecule has 0 aliphatic carbocycles. The lowest BCUT2D eigenvalue weighted by molar-refractivity contribution is 0.0528. The van der Waals surface area contributed by atoms with Crippen molar-refractivity contribution in [2.24, 2.45) is 0 Å². The number of hydrogen-bond acceptors (Lipinski definition) is 5. The van der Waals surface area contributed by atoms with Crippen LogP contribution in [0.5, 0.6) is 0 Å². The second kappa shape index (κ2) is 6.56. The molecule has 0 aromatic carbocycles. The van der Waals surface area contributed by atoms with Gasteiger partial charge < -0.3 is 15.4 Å². The highest BCUT2D eigenvalue weighted by molar-refractivity contribution is 7.07. The Morgan fingerprint density at radius 3 is 2.82 bits per heavy atom. The number of nitrogens with zero attached hydrogens (tertiary/aromatic N) is 1. The molecule has 0 spiro atoms.